The quantitative estimate of drug-likeness (QED) is 0.763. The van der Waals surface area contributed by atoms with Crippen LogP contribution >= 0.6 is 0 Å². The van der Waals surface area contributed by atoms with E-state index in [-0.39, 0.29) is 6.10 Å². The number of rotatable bonds is 5. The van der Waals surface area contributed by atoms with Crippen molar-refractivity contribution in [3.8, 4) is 5.75 Å². The van der Waals surface area contributed by atoms with E-state index in [1.165, 1.54) is 36.1 Å². The van der Waals surface area contributed by atoms with E-state index in [4.69, 9.17) is 4.74 Å². The predicted molar refractivity (Wildman–Crippen MR) is 124 cm³/mol. The number of fused-ring (bicyclic) bond motifs is 1. The Morgan fingerprint density at radius 3 is 2.48 bits per heavy atom. The lowest BCUT2D eigenvalue weighted by Crippen LogP contribution is -2.53. The molecule has 2 saturated heterocycles. The molecule has 166 valence electrons. The SMILES string of the molecule is OC(N1CCCCC1)N1CCC(Oc2ccc(C3C=C4N=CCCC4=CC3)cc2)CC1. The summed E-state index contributed by atoms with van der Waals surface area (Å²) < 4.78 is 6.28. The lowest BCUT2D eigenvalue weighted by Gasteiger charge is -2.41. The molecule has 0 bridgehead atoms. The Hall–Kier alpha value is -1.95. The van der Waals surface area contributed by atoms with Gasteiger partial charge in [0.15, 0.2) is 6.35 Å². The van der Waals surface area contributed by atoms with Crippen molar-refractivity contribution < 1.29 is 9.84 Å². The molecule has 0 saturated carbocycles. The van der Waals surface area contributed by atoms with E-state index in [9.17, 15) is 5.11 Å². The van der Waals surface area contributed by atoms with Gasteiger partial charge in [-0.05, 0) is 68.2 Å². The average Bonchev–Trinajstić information content (AvgIpc) is 2.85. The molecule has 1 N–H and O–H groups in total. The van der Waals surface area contributed by atoms with Crippen molar-refractivity contribution in [1.82, 2.24) is 9.80 Å². The average molecular weight is 422 g/mol. The Morgan fingerprint density at radius 1 is 0.968 bits per heavy atom. The van der Waals surface area contributed by atoms with Crippen molar-refractivity contribution >= 4 is 6.21 Å². The van der Waals surface area contributed by atoms with Crippen LogP contribution in [0.2, 0.25) is 0 Å². The molecule has 2 fully saturated rings. The molecule has 1 aliphatic carbocycles. The number of piperidine rings is 2. The molecule has 2 unspecified atom stereocenters. The number of allylic oxidation sites excluding steroid dienone is 3. The van der Waals surface area contributed by atoms with Gasteiger partial charge in [-0.25, -0.2) is 0 Å². The Bertz CT molecular complexity index is 831. The van der Waals surface area contributed by atoms with Crippen LogP contribution in [-0.2, 0) is 0 Å². The molecule has 1 aromatic carbocycles. The minimum atomic E-state index is -0.423. The van der Waals surface area contributed by atoms with Crippen LogP contribution in [0.4, 0.5) is 0 Å². The molecule has 0 radical (unpaired) electrons. The minimum absolute atomic E-state index is 0.231. The van der Waals surface area contributed by atoms with Gasteiger partial charge in [0, 0.05) is 38.3 Å². The zero-order chi connectivity index (χ0) is 21.0. The van der Waals surface area contributed by atoms with Gasteiger partial charge in [0.25, 0.3) is 0 Å². The van der Waals surface area contributed by atoms with Crippen LogP contribution in [0.1, 0.15) is 62.8 Å². The number of hydrogen-bond acceptors (Lipinski definition) is 5. The van der Waals surface area contributed by atoms with E-state index in [0.717, 1.165) is 64.0 Å². The molecule has 5 nitrogen and oxygen atoms in total. The highest BCUT2D eigenvalue weighted by Gasteiger charge is 2.29. The van der Waals surface area contributed by atoms with Crippen molar-refractivity contribution in [2.75, 3.05) is 26.2 Å². The van der Waals surface area contributed by atoms with Gasteiger partial charge < -0.3 is 9.84 Å². The first-order valence-corrected chi connectivity index (χ1v) is 12.1. The lowest BCUT2D eigenvalue weighted by atomic mass is 9.86. The number of benzene rings is 1. The van der Waals surface area contributed by atoms with Crippen molar-refractivity contribution in [3.63, 3.8) is 0 Å². The van der Waals surface area contributed by atoms with E-state index < -0.39 is 6.35 Å². The highest BCUT2D eigenvalue weighted by atomic mass is 16.5. The Labute approximate surface area is 186 Å². The molecule has 0 spiro atoms. The molecule has 4 aliphatic rings. The Balaban J connectivity index is 1.12. The monoisotopic (exact) mass is 421 g/mol. The first kappa shape index (κ1) is 20.9. The van der Waals surface area contributed by atoms with Gasteiger partial charge >= 0.3 is 0 Å². The summed E-state index contributed by atoms with van der Waals surface area (Å²) in [5, 5.41) is 10.7. The maximum atomic E-state index is 10.7. The van der Waals surface area contributed by atoms with Crippen LogP contribution in [0.15, 0.2) is 52.7 Å². The first-order chi connectivity index (χ1) is 15.3. The smallest absolute Gasteiger partial charge is 0.165 e. The fourth-order valence-electron chi connectivity index (χ4n) is 5.30. The summed E-state index contributed by atoms with van der Waals surface area (Å²) in [5.74, 6) is 1.36. The van der Waals surface area contributed by atoms with Crippen molar-refractivity contribution in [1.29, 1.82) is 0 Å². The van der Waals surface area contributed by atoms with Gasteiger partial charge in [0.05, 0.1) is 5.70 Å². The molecular weight excluding hydrogens is 386 g/mol. The van der Waals surface area contributed by atoms with Crippen LogP contribution < -0.4 is 4.74 Å². The van der Waals surface area contributed by atoms with Crippen molar-refractivity contribution in [2.24, 2.45) is 4.99 Å². The number of likely N-dealkylation sites (tertiary alicyclic amines) is 2. The lowest BCUT2D eigenvalue weighted by molar-refractivity contribution is -0.130. The van der Waals surface area contributed by atoms with E-state index in [1.54, 1.807) is 0 Å². The zero-order valence-corrected chi connectivity index (χ0v) is 18.5. The summed E-state index contributed by atoms with van der Waals surface area (Å²) in [6, 6.07) is 8.65. The number of aliphatic hydroxyl groups is 1. The predicted octanol–water partition coefficient (Wildman–Crippen LogP) is 4.45. The zero-order valence-electron chi connectivity index (χ0n) is 18.5. The number of aliphatic imine (C=N–C) groups is 1. The van der Waals surface area contributed by atoms with Crippen LogP contribution in [0.5, 0.6) is 5.75 Å². The summed E-state index contributed by atoms with van der Waals surface area (Å²) in [5.41, 5.74) is 3.91. The number of aliphatic hydroxyl groups excluding tert-OH is 1. The summed E-state index contributed by atoms with van der Waals surface area (Å²) in [7, 11) is 0. The standard InChI is InChI=1S/C26H35N3O2/c30-26(28-15-2-1-3-16-28)29-17-12-24(13-18-29)31-23-10-8-20(9-11-23)22-7-6-21-5-4-14-27-25(21)19-22/h6,8-11,14,19,22,24,26,30H,1-5,7,12-13,15-18H2. The normalized spacial score (nSPS) is 26.7. The number of hydrogen-bond donors (Lipinski definition) is 1. The molecule has 0 aromatic heterocycles. The topological polar surface area (TPSA) is 48.3 Å². The molecule has 5 rings (SSSR count). The molecule has 3 heterocycles. The molecular formula is C26H35N3O2. The highest BCUT2D eigenvalue weighted by molar-refractivity contribution is 5.64. The third-order valence-electron chi connectivity index (χ3n) is 7.21. The van der Waals surface area contributed by atoms with Crippen LogP contribution in [0, 0.1) is 0 Å². The largest absolute Gasteiger partial charge is 0.490 e. The van der Waals surface area contributed by atoms with Crippen LogP contribution in [-0.4, -0.2) is 59.8 Å². The molecule has 2 atom stereocenters. The maximum Gasteiger partial charge on any atom is 0.165 e. The molecule has 5 heteroatoms. The molecule has 3 aliphatic heterocycles. The molecule has 0 amide bonds. The third-order valence-corrected chi connectivity index (χ3v) is 7.21. The highest BCUT2D eigenvalue weighted by Crippen LogP contribution is 2.35. The summed E-state index contributed by atoms with van der Waals surface area (Å²) >= 11 is 0. The van der Waals surface area contributed by atoms with Gasteiger partial charge in [-0.15, -0.1) is 0 Å². The van der Waals surface area contributed by atoms with Crippen LogP contribution in [0.25, 0.3) is 0 Å². The molecule has 1 aromatic rings. The van der Waals surface area contributed by atoms with Gasteiger partial charge in [0.1, 0.15) is 11.9 Å². The number of ether oxygens (including phenoxy) is 1. The van der Waals surface area contributed by atoms with E-state index in [0.29, 0.717) is 5.92 Å². The second kappa shape index (κ2) is 9.68. The number of nitrogens with zero attached hydrogens (tertiary/aromatic N) is 3. The van der Waals surface area contributed by atoms with E-state index in [1.807, 2.05) is 6.21 Å². The van der Waals surface area contributed by atoms with Gasteiger partial charge in [-0.2, -0.15) is 0 Å². The fourth-order valence-corrected chi connectivity index (χ4v) is 5.30. The second-order valence-corrected chi connectivity index (χ2v) is 9.34. The maximum absolute atomic E-state index is 10.7. The van der Waals surface area contributed by atoms with Crippen LogP contribution in [0.3, 0.4) is 0 Å². The van der Waals surface area contributed by atoms with E-state index >= 15 is 0 Å². The van der Waals surface area contributed by atoms with Gasteiger partial charge in [0.2, 0.25) is 0 Å². The third kappa shape index (κ3) is 4.94. The van der Waals surface area contributed by atoms with Gasteiger partial charge in [-0.1, -0.05) is 30.7 Å². The fraction of sp³-hybridized carbons (Fsp3) is 0.577. The van der Waals surface area contributed by atoms with Crippen molar-refractivity contribution in [2.45, 2.75) is 69.7 Å². The minimum Gasteiger partial charge on any atom is -0.490 e. The first-order valence-electron chi connectivity index (χ1n) is 12.1. The van der Waals surface area contributed by atoms with Gasteiger partial charge in [-0.3, -0.25) is 14.8 Å². The molecule has 31 heavy (non-hydrogen) atoms. The van der Waals surface area contributed by atoms with E-state index in [2.05, 4.69) is 51.2 Å². The Kier molecular flexibility index (Phi) is 6.53. The summed E-state index contributed by atoms with van der Waals surface area (Å²) in [4.78, 5) is 9.02. The summed E-state index contributed by atoms with van der Waals surface area (Å²) in [6.07, 6.45) is 15.4. The Morgan fingerprint density at radius 2 is 1.71 bits per heavy atom. The second-order valence-electron chi connectivity index (χ2n) is 9.34. The summed E-state index contributed by atoms with van der Waals surface area (Å²) in [6.45, 7) is 3.83. The van der Waals surface area contributed by atoms with Crippen molar-refractivity contribution in [3.05, 3.63) is 53.3 Å².